The number of ether oxygens (including phenoxy) is 1. The van der Waals surface area contributed by atoms with E-state index in [1.54, 1.807) is 17.7 Å². The van der Waals surface area contributed by atoms with Gasteiger partial charge in [0.15, 0.2) is 5.96 Å². The molecule has 10 heteroatoms. The lowest BCUT2D eigenvalue weighted by Gasteiger charge is -2.33. The van der Waals surface area contributed by atoms with Gasteiger partial charge in [-0.2, -0.15) is 0 Å². The van der Waals surface area contributed by atoms with E-state index >= 15 is 0 Å². The van der Waals surface area contributed by atoms with Crippen molar-refractivity contribution in [1.29, 1.82) is 0 Å². The Morgan fingerprint density at radius 2 is 2.19 bits per heavy atom. The van der Waals surface area contributed by atoms with Crippen LogP contribution in [0.15, 0.2) is 28.8 Å². The van der Waals surface area contributed by atoms with Gasteiger partial charge < -0.3 is 19.9 Å². The minimum Gasteiger partial charge on any atom is -0.374 e. The molecule has 1 atom stereocenters. The molecule has 2 aromatic rings. The van der Waals surface area contributed by atoms with Crippen molar-refractivity contribution in [3.8, 4) is 0 Å². The lowest BCUT2D eigenvalue weighted by molar-refractivity contribution is -0.0261. The van der Waals surface area contributed by atoms with Gasteiger partial charge in [-0.05, 0) is 23.8 Å². The second-order valence-corrected chi connectivity index (χ2v) is 9.34. The van der Waals surface area contributed by atoms with E-state index in [2.05, 4.69) is 68.6 Å². The second kappa shape index (κ2) is 14.8. The van der Waals surface area contributed by atoms with E-state index in [0.29, 0.717) is 12.5 Å². The molecular formula is C22H38IN7OS. The molecule has 0 aromatic carbocycles. The Morgan fingerprint density at radius 3 is 2.94 bits per heavy atom. The van der Waals surface area contributed by atoms with Crippen LogP contribution in [-0.2, 0) is 24.1 Å². The summed E-state index contributed by atoms with van der Waals surface area (Å²) in [5, 5.41) is 17.2. The van der Waals surface area contributed by atoms with Crippen molar-refractivity contribution >= 4 is 41.3 Å². The van der Waals surface area contributed by atoms with E-state index < -0.39 is 0 Å². The Labute approximate surface area is 213 Å². The van der Waals surface area contributed by atoms with Crippen LogP contribution in [-0.4, -0.2) is 77.6 Å². The van der Waals surface area contributed by atoms with Gasteiger partial charge in [-0.15, -0.1) is 45.5 Å². The number of hydrogen-bond donors (Lipinski definition) is 2. The molecule has 2 aromatic heterocycles. The summed E-state index contributed by atoms with van der Waals surface area (Å²) in [6, 6.07) is 4.27. The molecule has 0 spiro atoms. The monoisotopic (exact) mass is 575 g/mol. The number of aliphatic imine (C=N–C) groups is 1. The van der Waals surface area contributed by atoms with Gasteiger partial charge in [-0.3, -0.25) is 9.89 Å². The molecule has 1 aliphatic heterocycles. The van der Waals surface area contributed by atoms with Crippen LogP contribution in [0.1, 0.15) is 31.5 Å². The number of aryl methyl sites for hydroxylation is 1. The third-order valence-corrected chi connectivity index (χ3v) is 6.14. The first-order valence-electron chi connectivity index (χ1n) is 11.4. The van der Waals surface area contributed by atoms with E-state index in [-0.39, 0.29) is 30.1 Å². The summed E-state index contributed by atoms with van der Waals surface area (Å²) in [5.41, 5.74) is 0. The van der Waals surface area contributed by atoms with Crippen LogP contribution in [0.3, 0.4) is 0 Å². The fourth-order valence-corrected chi connectivity index (χ4v) is 4.44. The van der Waals surface area contributed by atoms with Crippen LogP contribution in [0.4, 0.5) is 0 Å². The molecule has 1 aliphatic rings. The zero-order valence-corrected chi connectivity index (χ0v) is 22.6. The van der Waals surface area contributed by atoms with Crippen LogP contribution < -0.4 is 10.6 Å². The second-order valence-electron chi connectivity index (χ2n) is 8.31. The van der Waals surface area contributed by atoms with Crippen molar-refractivity contribution in [3.05, 3.63) is 34.5 Å². The highest BCUT2D eigenvalue weighted by Gasteiger charge is 2.20. The maximum absolute atomic E-state index is 5.97. The molecule has 0 amide bonds. The summed E-state index contributed by atoms with van der Waals surface area (Å²) in [6.07, 6.45) is 3.81. The smallest absolute Gasteiger partial charge is 0.191 e. The van der Waals surface area contributed by atoms with E-state index in [4.69, 9.17) is 9.73 Å². The molecule has 2 N–H and O–H groups in total. The number of halogens is 1. The van der Waals surface area contributed by atoms with Crippen LogP contribution in [0.5, 0.6) is 0 Å². The quantitative estimate of drug-likeness (QED) is 0.244. The fourth-order valence-electron chi connectivity index (χ4n) is 3.73. The summed E-state index contributed by atoms with van der Waals surface area (Å²) in [5.74, 6) is 2.52. The van der Waals surface area contributed by atoms with Gasteiger partial charge in [0, 0.05) is 50.6 Å². The summed E-state index contributed by atoms with van der Waals surface area (Å²) in [6.45, 7) is 13.6. The minimum absolute atomic E-state index is 0. The van der Waals surface area contributed by atoms with Gasteiger partial charge in [0.2, 0.25) is 0 Å². The third kappa shape index (κ3) is 9.32. The molecule has 1 unspecified atom stereocenters. The van der Waals surface area contributed by atoms with Crippen LogP contribution in [0.25, 0.3) is 0 Å². The SMILES string of the molecule is CCc1nncn1CCNC(=NCC1CN(CC(C)C)CCO1)NCCc1cccs1.I. The number of hydrogen-bond acceptors (Lipinski definition) is 6. The van der Waals surface area contributed by atoms with Gasteiger partial charge in [0.1, 0.15) is 12.2 Å². The Balaban J connectivity index is 0.00000363. The molecule has 0 radical (unpaired) electrons. The van der Waals surface area contributed by atoms with E-state index in [1.807, 2.05) is 0 Å². The standard InChI is InChI=1S/C22H37N7OS.HI/c1-4-21-27-26-17-29(21)10-9-24-22(23-8-7-20-6-5-13-31-20)25-14-19-16-28(11-12-30-19)15-18(2)3;/h5-6,13,17-19H,4,7-12,14-16H2,1-3H3,(H2,23,24,25);1H. The van der Waals surface area contributed by atoms with Crippen molar-refractivity contribution in [2.75, 3.05) is 45.9 Å². The highest BCUT2D eigenvalue weighted by molar-refractivity contribution is 14.0. The summed E-state index contributed by atoms with van der Waals surface area (Å²) < 4.78 is 8.06. The zero-order chi connectivity index (χ0) is 21.9. The number of morpholine rings is 1. The Morgan fingerprint density at radius 1 is 1.34 bits per heavy atom. The molecule has 0 bridgehead atoms. The molecule has 180 valence electrons. The molecule has 32 heavy (non-hydrogen) atoms. The average Bonchev–Trinajstić information content (AvgIpc) is 3.43. The fraction of sp³-hybridized carbons (Fsp3) is 0.682. The summed E-state index contributed by atoms with van der Waals surface area (Å²) in [7, 11) is 0. The minimum atomic E-state index is 0. The zero-order valence-electron chi connectivity index (χ0n) is 19.5. The van der Waals surface area contributed by atoms with Crippen molar-refractivity contribution in [2.45, 2.75) is 46.3 Å². The molecular weight excluding hydrogens is 537 g/mol. The van der Waals surface area contributed by atoms with Gasteiger partial charge in [0.25, 0.3) is 0 Å². The van der Waals surface area contributed by atoms with E-state index in [9.17, 15) is 0 Å². The predicted molar refractivity (Wildman–Crippen MR) is 142 cm³/mol. The summed E-state index contributed by atoms with van der Waals surface area (Å²) >= 11 is 1.79. The lowest BCUT2D eigenvalue weighted by Crippen LogP contribution is -2.46. The molecule has 1 saturated heterocycles. The largest absolute Gasteiger partial charge is 0.374 e. The van der Waals surface area contributed by atoms with Crippen molar-refractivity contribution in [3.63, 3.8) is 0 Å². The topological polar surface area (TPSA) is 79.6 Å². The van der Waals surface area contributed by atoms with Crippen molar-refractivity contribution in [2.24, 2.45) is 10.9 Å². The molecule has 0 aliphatic carbocycles. The van der Waals surface area contributed by atoms with Crippen molar-refractivity contribution < 1.29 is 4.74 Å². The average molecular weight is 576 g/mol. The maximum Gasteiger partial charge on any atom is 0.191 e. The number of rotatable bonds is 11. The first-order valence-corrected chi connectivity index (χ1v) is 12.3. The van der Waals surface area contributed by atoms with Gasteiger partial charge >= 0.3 is 0 Å². The molecule has 0 saturated carbocycles. The number of thiophene rings is 1. The normalized spacial score (nSPS) is 17.4. The first kappa shape index (κ1) is 27.0. The van der Waals surface area contributed by atoms with Crippen LogP contribution in [0.2, 0.25) is 0 Å². The van der Waals surface area contributed by atoms with Crippen molar-refractivity contribution in [1.82, 2.24) is 30.3 Å². The Kier molecular flexibility index (Phi) is 12.5. The number of nitrogens with one attached hydrogen (secondary N) is 2. The predicted octanol–water partition coefficient (Wildman–Crippen LogP) is 2.65. The maximum atomic E-state index is 5.97. The Bertz CT molecular complexity index is 781. The summed E-state index contributed by atoms with van der Waals surface area (Å²) in [4.78, 5) is 8.72. The van der Waals surface area contributed by atoms with Crippen LogP contribution >= 0.6 is 35.3 Å². The molecule has 1 fully saturated rings. The molecule has 3 heterocycles. The first-order chi connectivity index (χ1) is 15.1. The highest BCUT2D eigenvalue weighted by atomic mass is 127. The van der Waals surface area contributed by atoms with Gasteiger partial charge in [-0.1, -0.05) is 26.8 Å². The molecule has 8 nitrogen and oxygen atoms in total. The third-order valence-electron chi connectivity index (χ3n) is 5.20. The van der Waals surface area contributed by atoms with Crippen LogP contribution in [0, 0.1) is 5.92 Å². The number of guanidine groups is 1. The van der Waals surface area contributed by atoms with E-state index in [0.717, 1.165) is 70.5 Å². The van der Waals surface area contributed by atoms with E-state index in [1.165, 1.54) is 4.88 Å². The number of aromatic nitrogens is 3. The highest BCUT2D eigenvalue weighted by Crippen LogP contribution is 2.09. The number of nitrogens with zero attached hydrogens (tertiary/aromatic N) is 5. The lowest BCUT2D eigenvalue weighted by atomic mass is 10.2. The Hall–Kier alpha value is -1.24. The molecule has 3 rings (SSSR count). The van der Waals surface area contributed by atoms with Gasteiger partial charge in [-0.25, -0.2) is 0 Å². The van der Waals surface area contributed by atoms with Gasteiger partial charge in [0.05, 0.1) is 19.3 Å².